The van der Waals surface area contributed by atoms with Crippen molar-refractivity contribution in [1.82, 2.24) is 10.9 Å². The highest BCUT2D eigenvalue weighted by atomic mass is 35.5. The first kappa shape index (κ1) is 18.7. The molecule has 28 heavy (non-hydrogen) atoms. The zero-order chi connectivity index (χ0) is 20.0. The van der Waals surface area contributed by atoms with Gasteiger partial charge in [-0.25, -0.2) is 10.9 Å². The summed E-state index contributed by atoms with van der Waals surface area (Å²) in [5, 5.41) is 8.82. The smallest absolute Gasteiger partial charge is 0.249 e. The second kappa shape index (κ2) is 7.07. The molecule has 2 aliphatic heterocycles. The number of hydrazone groups is 2. The van der Waals surface area contributed by atoms with Crippen molar-refractivity contribution >= 4 is 46.4 Å². The molecule has 4 rings (SSSR count). The van der Waals surface area contributed by atoms with Crippen LogP contribution in [0.5, 0.6) is 0 Å². The second-order valence-corrected chi connectivity index (χ2v) is 7.53. The lowest BCUT2D eigenvalue weighted by Gasteiger charge is -2.24. The molecule has 0 bridgehead atoms. The Morgan fingerprint density at radius 2 is 1.57 bits per heavy atom. The van der Waals surface area contributed by atoms with Gasteiger partial charge in [0.25, 0.3) is 0 Å². The van der Waals surface area contributed by atoms with E-state index >= 15 is 0 Å². The largest absolute Gasteiger partial charge is 0.461 e. The summed E-state index contributed by atoms with van der Waals surface area (Å²) in [4.78, 5) is 24.9. The summed E-state index contributed by atoms with van der Waals surface area (Å²) in [6.07, 6.45) is 0. The third-order valence-corrected chi connectivity index (χ3v) is 5.86. The van der Waals surface area contributed by atoms with Gasteiger partial charge in [0.2, 0.25) is 11.8 Å². The van der Waals surface area contributed by atoms with E-state index in [2.05, 4.69) is 21.1 Å². The zero-order valence-electron chi connectivity index (χ0n) is 15.0. The first-order valence-electron chi connectivity index (χ1n) is 8.60. The average Bonchev–Trinajstić information content (AvgIpc) is 3.35. The first-order valence-corrected chi connectivity index (χ1v) is 9.36. The quantitative estimate of drug-likeness (QED) is 0.793. The summed E-state index contributed by atoms with van der Waals surface area (Å²) in [5.74, 6) is -1.49. The van der Waals surface area contributed by atoms with Gasteiger partial charge in [-0.15, -0.1) is 0 Å². The van der Waals surface area contributed by atoms with Crippen LogP contribution in [0.4, 0.5) is 0 Å². The van der Waals surface area contributed by atoms with Crippen molar-refractivity contribution in [3.8, 4) is 11.3 Å². The maximum Gasteiger partial charge on any atom is 0.249 e. The molecule has 2 N–H and O–H groups in total. The number of nitrogens with zero attached hydrogens (tertiary/aromatic N) is 2. The van der Waals surface area contributed by atoms with Crippen molar-refractivity contribution in [2.45, 2.75) is 19.8 Å². The second-order valence-electron chi connectivity index (χ2n) is 6.74. The Morgan fingerprint density at radius 1 is 0.964 bits per heavy atom. The SMILES string of the molecule is CC1=NNC(=O)C1C(c1ccc(-c2cccc(Cl)c2Cl)o1)C1C(=O)NN=C1C. The number of halogens is 2. The molecule has 7 nitrogen and oxygen atoms in total. The number of carbonyl (C=O) groups excluding carboxylic acids is 2. The van der Waals surface area contributed by atoms with E-state index in [0.29, 0.717) is 38.6 Å². The molecular formula is C19H16Cl2N4O3. The number of rotatable bonds is 4. The van der Waals surface area contributed by atoms with E-state index < -0.39 is 17.8 Å². The lowest BCUT2D eigenvalue weighted by atomic mass is 9.75. The Labute approximate surface area is 170 Å². The highest BCUT2D eigenvalue weighted by molar-refractivity contribution is 6.43. The van der Waals surface area contributed by atoms with E-state index in [4.69, 9.17) is 27.6 Å². The number of carbonyl (C=O) groups is 2. The predicted octanol–water partition coefficient (Wildman–Crippen LogP) is 3.58. The summed E-state index contributed by atoms with van der Waals surface area (Å²) >= 11 is 12.4. The Morgan fingerprint density at radius 3 is 2.11 bits per heavy atom. The van der Waals surface area contributed by atoms with Gasteiger partial charge >= 0.3 is 0 Å². The van der Waals surface area contributed by atoms with Crippen molar-refractivity contribution in [2.24, 2.45) is 22.0 Å². The number of hydrogen-bond donors (Lipinski definition) is 2. The Kier molecular flexibility index (Phi) is 4.72. The van der Waals surface area contributed by atoms with Gasteiger partial charge in [-0.1, -0.05) is 29.3 Å². The van der Waals surface area contributed by atoms with Crippen molar-refractivity contribution in [3.05, 3.63) is 46.1 Å². The lowest BCUT2D eigenvalue weighted by molar-refractivity contribution is -0.125. The third kappa shape index (κ3) is 3.00. The summed E-state index contributed by atoms with van der Waals surface area (Å²) in [6.45, 7) is 3.49. The lowest BCUT2D eigenvalue weighted by Crippen LogP contribution is -2.38. The van der Waals surface area contributed by atoms with Crippen LogP contribution >= 0.6 is 23.2 Å². The van der Waals surface area contributed by atoms with E-state index in [9.17, 15) is 9.59 Å². The molecule has 1 aromatic carbocycles. The average molecular weight is 419 g/mol. The third-order valence-electron chi connectivity index (χ3n) is 5.04. The maximum absolute atomic E-state index is 12.5. The minimum absolute atomic E-state index is 0.284. The van der Waals surface area contributed by atoms with Crippen LogP contribution in [0.25, 0.3) is 11.3 Å². The van der Waals surface area contributed by atoms with E-state index in [1.54, 1.807) is 44.2 Å². The van der Waals surface area contributed by atoms with Gasteiger partial charge in [0, 0.05) is 17.0 Å². The number of benzene rings is 1. The normalized spacial score (nSPS) is 22.6. The number of amides is 2. The molecule has 1 aromatic heterocycles. The molecule has 0 saturated heterocycles. The molecule has 0 radical (unpaired) electrons. The van der Waals surface area contributed by atoms with E-state index in [-0.39, 0.29) is 11.8 Å². The zero-order valence-corrected chi connectivity index (χ0v) is 16.5. The fraction of sp³-hybridized carbons (Fsp3) is 0.263. The molecule has 2 atom stereocenters. The highest BCUT2D eigenvalue weighted by Gasteiger charge is 2.47. The maximum atomic E-state index is 12.5. The molecule has 2 unspecified atom stereocenters. The standard InChI is InChI=1S/C19H16Cl2N4O3/c1-8-14(18(26)24-22-8)16(15-9(2)23-25-19(15)27)13-7-6-12(28-13)10-4-3-5-11(20)17(10)21/h3-7,14-16H,1-2H3,(H,24,26)(H,25,27). The molecule has 2 aromatic rings. The highest BCUT2D eigenvalue weighted by Crippen LogP contribution is 2.41. The molecule has 144 valence electrons. The van der Waals surface area contributed by atoms with Gasteiger partial charge in [0.15, 0.2) is 0 Å². The monoisotopic (exact) mass is 418 g/mol. The molecule has 2 amide bonds. The summed E-state index contributed by atoms with van der Waals surface area (Å²) in [5.41, 5.74) is 6.75. The minimum atomic E-state index is -0.646. The van der Waals surface area contributed by atoms with Crippen LogP contribution < -0.4 is 10.9 Å². The van der Waals surface area contributed by atoms with E-state index in [1.807, 2.05) is 0 Å². The van der Waals surface area contributed by atoms with Gasteiger partial charge < -0.3 is 4.42 Å². The number of hydrogen-bond acceptors (Lipinski definition) is 5. The van der Waals surface area contributed by atoms with Gasteiger partial charge in [-0.05, 0) is 38.1 Å². The summed E-state index contributed by atoms with van der Waals surface area (Å²) in [6, 6.07) is 8.74. The Balaban J connectivity index is 1.80. The number of nitrogens with one attached hydrogen (secondary N) is 2. The van der Waals surface area contributed by atoms with Crippen LogP contribution in [0.15, 0.2) is 45.0 Å². The van der Waals surface area contributed by atoms with Gasteiger partial charge in [-0.3, -0.25) is 9.59 Å². The van der Waals surface area contributed by atoms with Gasteiger partial charge in [-0.2, -0.15) is 10.2 Å². The molecular weight excluding hydrogens is 403 g/mol. The fourth-order valence-electron chi connectivity index (χ4n) is 3.68. The van der Waals surface area contributed by atoms with Crippen LogP contribution in [0.2, 0.25) is 10.0 Å². The van der Waals surface area contributed by atoms with Crippen molar-refractivity contribution < 1.29 is 14.0 Å². The molecule has 0 spiro atoms. The Bertz CT molecular complexity index is 1010. The van der Waals surface area contributed by atoms with Crippen LogP contribution in [0.3, 0.4) is 0 Å². The minimum Gasteiger partial charge on any atom is -0.461 e. The molecule has 0 aliphatic carbocycles. The fourth-order valence-corrected chi connectivity index (χ4v) is 4.08. The molecule has 3 heterocycles. The van der Waals surface area contributed by atoms with Crippen molar-refractivity contribution in [2.75, 3.05) is 0 Å². The van der Waals surface area contributed by atoms with Crippen LogP contribution in [0, 0.1) is 11.8 Å². The first-order chi connectivity index (χ1) is 13.4. The molecule has 0 saturated carbocycles. The Hall–Kier alpha value is -2.64. The van der Waals surface area contributed by atoms with Crippen LogP contribution in [-0.2, 0) is 9.59 Å². The summed E-state index contributed by atoms with van der Waals surface area (Å²) < 4.78 is 6.07. The van der Waals surface area contributed by atoms with Crippen molar-refractivity contribution in [1.29, 1.82) is 0 Å². The molecule has 2 aliphatic rings. The summed E-state index contributed by atoms with van der Waals surface area (Å²) in [7, 11) is 0. The van der Waals surface area contributed by atoms with E-state index in [0.717, 1.165) is 0 Å². The van der Waals surface area contributed by atoms with Crippen LogP contribution in [0.1, 0.15) is 25.5 Å². The van der Waals surface area contributed by atoms with Crippen molar-refractivity contribution in [3.63, 3.8) is 0 Å². The van der Waals surface area contributed by atoms with Crippen LogP contribution in [-0.4, -0.2) is 23.2 Å². The van der Waals surface area contributed by atoms with Gasteiger partial charge in [0.05, 0.1) is 27.8 Å². The predicted molar refractivity (Wildman–Crippen MR) is 106 cm³/mol. The molecule has 9 heteroatoms. The topological polar surface area (TPSA) is 96.1 Å². The van der Waals surface area contributed by atoms with E-state index in [1.165, 1.54) is 0 Å². The molecule has 0 fully saturated rings. The van der Waals surface area contributed by atoms with Gasteiger partial charge in [0.1, 0.15) is 11.5 Å². The number of furan rings is 1.